The van der Waals surface area contributed by atoms with Gasteiger partial charge in [0.15, 0.2) is 0 Å². The molecule has 216 valence electrons. The summed E-state index contributed by atoms with van der Waals surface area (Å²) in [4.78, 5) is 32.4. The summed E-state index contributed by atoms with van der Waals surface area (Å²) in [5.41, 5.74) is 2.27. The highest BCUT2D eigenvalue weighted by Crippen LogP contribution is 2.44. The molecule has 1 N–H and O–H groups in total. The van der Waals surface area contributed by atoms with Crippen LogP contribution in [0.25, 0.3) is 5.69 Å². The molecule has 3 aromatic rings. The highest BCUT2D eigenvalue weighted by Gasteiger charge is 2.42. The molecular weight excluding hydrogens is 521 g/mol. The molecule has 10 heteroatoms. The number of carbonyl (C=O) groups excluding carboxylic acids is 2. The molecule has 41 heavy (non-hydrogen) atoms. The van der Waals surface area contributed by atoms with E-state index < -0.39 is 13.0 Å². The fraction of sp³-hybridized carbons (Fsp3) is 0.419. The maximum atomic E-state index is 13.7. The number of likely N-dealkylation sites (N-methyl/N-ethyl adjacent to an activating group) is 1. The molecule has 1 unspecified atom stereocenters. The Hall–Kier alpha value is -3.89. The van der Waals surface area contributed by atoms with Crippen molar-refractivity contribution in [2.45, 2.75) is 37.3 Å². The SMILES string of the molecule is [2H]C([2H])([2H])N1CCN(C(=O)[C@H](CCCN(CC=C)C2C[C@H]2c2ccc(F)cc2)NC(=O)c2ccc(-n3ccnn3)cc2)CC1. The maximum Gasteiger partial charge on any atom is 0.251 e. The first-order valence-corrected chi connectivity index (χ1v) is 14.1. The molecule has 0 spiro atoms. The minimum Gasteiger partial charge on any atom is -0.340 e. The summed E-state index contributed by atoms with van der Waals surface area (Å²) in [6.45, 7) is 4.13. The van der Waals surface area contributed by atoms with Crippen molar-refractivity contribution in [3.8, 4) is 5.69 Å². The van der Waals surface area contributed by atoms with E-state index in [1.807, 2.05) is 18.2 Å². The smallest absolute Gasteiger partial charge is 0.251 e. The normalized spacial score (nSPS) is 21.0. The van der Waals surface area contributed by atoms with Gasteiger partial charge in [-0.2, -0.15) is 0 Å². The third-order valence-electron chi connectivity index (χ3n) is 7.84. The molecule has 1 saturated carbocycles. The minimum atomic E-state index is -2.20. The number of nitrogens with one attached hydrogen (secondary N) is 1. The Morgan fingerprint density at radius 2 is 1.93 bits per heavy atom. The number of halogens is 1. The number of benzene rings is 2. The van der Waals surface area contributed by atoms with Crippen LogP contribution >= 0.6 is 0 Å². The van der Waals surface area contributed by atoms with Crippen LogP contribution in [0.1, 0.15) is 45.2 Å². The predicted octanol–water partition coefficient (Wildman–Crippen LogP) is 3.10. The molecule has 5 rings (SSSR count). The van der Waals surface area contributed by atoms with Crippen LogP contribution in [0, 0.1) is 5.82 Å². The summed E-state index contributed by atoms with van der Waals surface area (Å²) in [5.74, 6) is -0.509. The van der Waals surface area contributed by atoms with Gasteiger partial charge in [-0.15, -0.1) is 11.7 Å². The van der Waals surface area contributed by atoms with E-state index in [4.69, 9.17) is 4.11 Å². The van der Waals surface area contributed by atoms with Crippen molar-refractivity contribution in [2.75, 3.05) is 46.2 Å². The molecule has 9 nitrogen and oxygen atoms in total. The number of nitrogens with zero attached hydrogens (tertiary/aromatic N) is 6. The Bertz CT molecular complexity index is 1410. The maximum absolute atomic E-state index is 13.7. The van der Waals surface area contributed by atoms with E-state index in [9.17, 15) is 14.0 Å². The van der Waals surface area contributed by atoms with Crippen LogP contribution in [0.15, 0.2) is 73.6 Å². The zero-order chi connectivity index (χ0) is 31.3. The first-order valence-electron chi connectivity index (χ1n) is 15.6. The van der Waals surface area contributed by atoms with Gasteiger partial charge in [-0.3, -0.25) is 14.5 Å². The molecule has 2 heterocycles. The summed E-state index contributed by atoms with van der Waals surface area (Å²) < 4.78 is 38.0. The summed E-state index contributed by atoms with van der Waals surface area (Å²) >= 11 is 0. The van der Waals surface area contributed by atoms with Gasteiger partial charge in [-0.25, -0.2) is 9.07 Å². The van der Waals surface area contributed by atoms with Gasteiger partial charge >= 0.3 is 0 Å². The molecule has 0 bridgehead atoms. The van der Waals surface area contributed by atoms with Gasteiger partial charge < -0.3 is 15.1 Å². The zero-order valence-electron chi connectivity index (χ0n) is 26.0. The zero-order valence-corrected chi connectivity index (χ0v) is 23.0. The van der Waals surface area contributed by atoms with E-state index in [1.165, 1.54) is 17.0 Å². The van der Waals surface area contributed by atoms with Gasteiger partial charge in [0.1, 0.15) is 11.9 Å². The third kappa shape index (κ3) is 7.25. The van der Waals surface area contributed by atoms with Crippen molar-refractivity contribution in [2.24, 2.45) is 0 Å². The van der Waals surface area contributed by atoms with E-state index >= 15 is 0 Å². The van der Waals surface area contributed by atoms with Gasteiger partial charge in [-0.05, 0) is 74.7 Å². The minimum absolute atomic E-state index is 0.214. The summed E-state index contributed by atoms with van der Waals surface area (Å²) in [6.07, 6.45) is 7.17. The predicted molar refractivity (Wildman–Crippen MR) is 155 cm³/mol. The Morgan fingerprint density at radius 3 is 2.59 bits per heavy atom. The van der Waals surface area contributed by atoms with Gasteiger partial charge in [0.25, 0.3) is 5.91 Å². The number of rotatable bonds is 12. The van der Waals surface area contributed by atoms with Gasteiger partial charge in [0.05, 0.1) is 18.1 Å². The molecule has 0 radical (unpaired) electrons. The van der Waals surface area contributed by atoms with Crippen LogP contribution in [0.4, 0.5) is 4.39 Å². The molecule has 1 aliphatic heterocycles. The second-order valence-corrected chi connectivity index (χ2v) is 10.6. The van der Waals surface area contributed by atoms with Crippen LogP contribution in [0.3, 0.4) is 0 Å². The lowest BCUT2D eigenvalue weighted by molar-refractivity contribution is -0.135. The van der Waals surface area contributed by atoms with Gasteiger partial charge in [0, 0.05) is 54.4 Å². The van der Waals surface area contributed by atoms with Crippen LogP contribution in [-0.4, -0.2) is 99.8 Å². The van der Waals surface area contributed by atoms with Crippen LogP contribution in [0.2, 0.25) is 0 Å². The summed E-state index contributed by atoms with van der Waals surface area (Å²) in [6, 6.07) is 13.1. The van der Waals surface area contributed by atoms with E-state index in [0.717, 1.165) is 17.7 Å². The van der Waals surface area contributed by atoms with E-state index in [0.29, 0.717) is 43.5 Å². The molecule has 2 aromatic carbocycles. The second-order valence-electron chi connectivity index (χ2n) is 10.6. The van der Waals surface area contributed by atoms with Crippen molar-refractivity contribution < 1.29 is 18.1 Å². The average Bonchev–Trinajstić information content (AvgIpc) is 3.62. The second kappa shape index (κ2) is 13.2. The van der Waals surface area contributed by atoms with Crippen LogP contribution in [0.5, 0.6) is 0 Å². The Morgan fingerprint density at radius 1 is 1.17 bits per heavy atom. The van der Waals surface area contributed by atoms with Crippen LogP contribution in [-0.2, 0) is 4.79 Å². The molecule has 1 saturated heterocycles. The Balaban J connectivity index is 1.24. The summed E-state index contributed by atoms with van der Waals surface area (Å²) in [5, 5.41) is 10.7. The Labute approximate surface area is 244 Å². The van der Waals surface area contributed by atoms with Crippen molar-refractivity contribution in [3.05, 3.63) is 90.5 Å². The van der Waals surface area contributed by atoms with Crippen LogP contribution < -0.4 is 5.32 Å². The first-order chi connectivity index (χ1) is 21.1. The largest absolute Gasteiger partial charge is 0.340 e. The molecule has 1 aliphatic carbocycles. The fourth-order valence-electron chi connectivity index (χ4n) is 5.47. The summed E-state index contributed by atoms with van der Waals surface area (Å²) in [7, 11) is 0. The highest BCUT2D eigenvalue weighted by atomic mass is 19.1. The van der Waals surface area contributed by atoms with Crippen molar-refractivity contribution >= 4 is 11.8 Å². The third-order valence-corrected chi connectivity index (χ3v) is 7.84. The standard InChI is InChI=1S/C31H38FN7O2/c1-3-15-37(29-22-27(29)23-6-10-25(32)11-7-23)16-4-5-28(31(41)38-20-18-36(2)19-21-38)34-30(40)24-8-12-26(13-9-24)39-17-14-33-35-39/h3,6-14,17,27-29H,1,4-5,15-16,18-22H2,2H3,(H,34,40)/t27-,28-,29?/m0/s1/i2D3. The first kappa shape index (κ1) is 24.9. The van der Waals surface area contributed by atoms with Crippen molar-refractivity contribution in [3.63, 3.8) is 0 Å². The molecule has 2 aliphatic rings. The highest BCUT2D eigenvalue weighted by molar-refractivity contribution is 5.97. The van der Waals surface area contributed by atoms with Gasteiger partial charge in [-0.1, -0.05) is 23.4 Å². The quantitative estimate of drug-likeness (QED) is 0.342. The molecule has 3 atom stereocenters. The Kier molecular flexibility index (Phi) is 8.00. The number of carbonyl (C=O) groups is 2. The lowest BCUT2D eigenvalue weighted by Crippen LogP contribution is -2.54. The molecule has 1 aromatic heterocycles. The van der Waals surface area contributed by atoms with E-state index in [1.54, 1.807) is 46.2 Å². The van der Waals surface area contributed by atoms with Crippen molar-refractivity contribution in [1.82, 2.24) is 35.0 Å². The fourth-order valence-corrected chi connectivity index (χ4v) is 5.47. The van der Waals surface area contributed by atoms with Crippen molar-refractivity contribution in [1.29, 1.82) is 0 Å². The average molecular weight is 563 g/mol. The topological polar surface area (TPSA) is 86.6 Å². The lowest BCUT2D eigenvalue weighted by atomic mass is 10.1. The lowest BCUT2D eigenvalue weighted by Gasteiger charge is -2.35. The number of hydrogen-bond acceptors (Lipinski definition) is 6. The number of amides is 2. The monoisotopic (exact) mass is 562 g/mol. The molecular formula is C31H38FN7O2. The number of hydrogen-bond donors (Lipinski definition) is 1. The molecule has 2 fully saturated rings. The van der Waals surface area contributed by atoms with E-state index in [2.05, 4.69) is 27.1 Å². The molecule has 2 amide bonds. The number of aromatic nitrogens is 3. The van der Waals surface area contributed by atoms with Gasteiger partial charge in [0.2, 0.25) is 5.91 Å². The van der Waals surface area contributed by atoms with E-state index in [-0.39, 0.29) is 43.8 Å². The number of piperazine rings is 1.